The molecule has 0 N–H and O–H groups in total. The molecule has 2 aromatic carbocycles. The predicted octanol–water partition coefficient (Wildman–Crippen LogP) is 3.43. The number of methoxy groups -OCH3 is 1. The van der Waals surface area contributed by atoms with E-state index in [-0.39, 0.29) is 5.75 Å². The van der Waals surface area contributed by atoms with Crippen molar-refractivity contribution in [1.29, 1.82) is 0 Å². The average Bonchev–Trinajstić information content (AvgIpc) is 3.14. The molecule has 0 spiro atoms. The van der Waals surface area contributed by atoms with Gasteiger partial charge < -0.3 is 4.74 Å². The molecule has 144 valence electrons. The van der Waals surface area contributed by atoms with Crippen LogP contribution in [0, 0.1) is 20.2 Å². The maximum absolute atomic E-state index is 11.3. The van der Waals surface area contributed by atoms with Crippen molar-refractivity contribution in [3.8, 4) is 11.4 Å². The fourth-order valence-corrected chi connectivity index (χ4v) is 3.33. The molecule has 3 rings (SSSR count). The first-order valence-electron chi connectivity index (χ1n) is 7.57. The van der Waals surface area contributed by atoms with E-state index in [4.69, 9.17) is 16.3 Å². The van der Waals surface area contributed by atoms with Crippen molar-refractivity contribution in [3.63, 3.8) is 0 Å². The van der Waals surface area contributed by atoms with E-state index < -0.39 is 27.0 Å². The molecule has 0 saturated heterocycles. The van der Waals surface area contributed by atoms with Gasteiger partial charge >= 0.3 is 11.4 Å². The molecular formula is C15H11ClN6O5S. The molecule has 0 amide bonds. The third-order valence-corrected chi connectivity index (χ3v) is 4.83. The number of ether oxygens (including phenoxy) is 1. The summed E-state index contributed by atoms with van der Waals surface area (Å²) in [5.41, 5.74) is 0.0626. The standard InChI is InChI=1S/C15H11ClN6O5S/c1-27-14-12(21(23)24)6-9(7-13(14)22(25)26)8-28-15-17-18-19-20(15)11-4-2-10(16)3-5-11/h2-7H,8H2,1H3. The smallest absolute Gasteiger partial charge is 0.318 e. The highest BCUT2D eigenvalue weighted by atomic mass is 35.5. The summed E-state index contributed by atoms with van der Waals surface area (Å²) in [5, 5.41) is 34.9. The van der Waals surface area contributed by atoms with Crippen LogP contribution in [-0.4, -0.2) is 37.2 Å². The quantitative estimate of drug-likeness (QED) is 0.318. The second kappa shape index (κ2) is 8.19. The molecular weight excluding hydrogens is 412 g/mol. The lowest BCUT2D eigenvalue weighted by atomic mass is 10.1. The molecule has 0 fully saturated rings. The Morgan fingerprint density at radius 2 is 1.75 bits per heavy atom. The first-order chi connectivity index (χ1) is 13.4. The molecule has 11 nitrogen and oxygen atoms in total. The Bertz CT molecular complexity index is 1010. The van der Waals surface area contributed by atoms with E-state index >= 15 is 0 Å². The highest BCUT2D eigenvalue weighted by molar-refractivity contribution is 7.98. The van der Waals surface area contributed by atoms with Gasteiger partial charge in [-0.15, -0.1) is 5.10 Å². The van der Waals surface area contributed by atoms with E-state index in [2.05, 4.69) is 15.5 Å². The van der Waals surface area contributed by atoms with Crippen molar-refractivity contribution in [2.24, 2.45) is 0 Å². The second-order valence-electron chi connectivity index (χ2n) is 5.32. The zero-order valence-corrected chi connectivity index (χ0v) is 15.8. The number of rotatable bonds is 7. The van der Waals surface area contributed by atoms with E-state index in [0.717, 1.165) is 7.11 Å². The summed E-state index contributed by atoms with van der Waals surface area (Å²) in [7, 11) is 1.14. The summed E-state index contributed by atoms with van der Waals surface area (Å²) in [5.74, 6) is -0.227. The molecule has 0 atom stereocenters. The first-order valence-corrected chi connectivity index (χ1v) is 8.94. The highest BCUT2D eigenvalue weighted by Crippen LogP contribution is 2.39. The molecule has 1 heterocycles. The second-order valence-corrected chi connectivity index (χ2v) is 6.70. The maximum atomic E-state index is 11.3. The van der Waals surface area contributed by atoms with E-state index in [1.807, 2.05) is 0 Å². The van der Waals surface area contributed by atoms with Gasteiger partial charge in [0.25, 0.3) is 5.75 Å². The van der Waals surface area contributed by atoms with E-state index in [0.29, 0.717) is 21.4 Å². The normalized spacial score (nSPS) is 10.6. The Kier molecular flexibility index (Phi) is 5.70. The van der Waals surface area contributed by atoms with Gasteiger partial charge in [-0.3, -0.25) is 20.2 Å². The van der Waals surface area contributed by atoms with Crippen LogP contribution in [-0.2, 0) is 5.75 Å². The van der Waals surface area contributed by atoms with Crippen molar-refractivity contribution in [1.82, 2.24) is 20.2 Å². The van der Waals surface area contributed by atoms with Crippen LogP contribution in [0.4, 0.5) is 11.4 Å². The van der Waals surface area contributed by atoms with Crippen molar-refractivity contribution in [2.75, 3.05) is 7.11 Å². The van der Waals surface area contributed by atoms with Gasteiger partial charge in [-0.05, 0) is 40.3 Å². The highest BCUT2D eigenvalue weighted by Gasteiger charge is 2.28. The summed E-state index contributed by atoms with van der Waals surface area (Å²) < 4.78 is 6.32. The van der Waals surface area contributed by atoms with Crippen molar-refractivity contribution in [3.05, 3.63) is 67.2 Å². The van der Waals surface area contributed by atoms with Crippen LogP contribution in [0.5, 0.6) is 5.75 Å². The molecule has 0 unspecified atom stereocenters. The third-order valence-electron chi connectivity index (χ3n) is 3.59. The topological polar surface area (TPSA) is 139 Å². The van der Waals surface area contributed by atoms with Crippen molar-refractivity contribution in [2.45, 2.75) is 10.9 Å². The number of hydrogen-bond donors (Lipinski definition) is 0. The predicted molar refractivity (Wildman–Crippen MR) is 100 cm³/mol. The van der Waals surface area contributed by atoms with Crippen molar-refractivity contribution >= 4 is 34.7 Å². The molecule has 0 radical (unpaired) electrons. The van der Waals surface area contributed by atoms with E-state index in [1.54, 1.807) is 24.3 Å². The molecule has 28 heavy (non-hydrogen) atoms. The summed E-state index contributed by atoms with van der Waals surface area (Å²) in [6, 6.07) is 9.29. The monoisotopic (exact) mass is 422 g/mol. The van der Waals surface area contributed by atoms with Crippen molar-refractivity contribution < 1.29 is 14.6 Å². The van der Waals surface area contributed by atoms with Gasteiger partial charge in [0.15, 0.2) is 0 Å². The molecule has 3 aromatic rings. The molecule has 0 bridgehead atoms. The lowest BCUT2D eigenvalue weighted by Gasteiger charge is -2.07. The molecule has 0 aliphatic rings. The van der Waals surface area contributed by atoms with Gasteiger partial charge in [0.1, 0.15) is 0 Å². The molecule has 0 aliphatic heterocycles. The van der Waals surface area contributed by atoms with Crippen LogP contribution in [0.1, 0.15) is 5.56 Å². The largest absolute Gasteiger partial charge is 0.485 e. The number of tetrazole rings is 1. The minimum Gasteiger partial charge on any atom is -0.485 e. The summed E-state index contributed by atoms with van der Waals surface area (Å²) in [6.07, 6.45) is 0. The van der Waals surface area contributed by atoms with Crippen LogP contribution in [0.15, 0.2) is 41.6 Å². The van der Waals surface area contributed by atoms with Gasteiger partial charge in [-0.1, -0.05) is 23.4 Å². The minimum absolute atomic E-state index is 0.166. The van der Waals surface area contributed by atoms with Crippen LogP contribution in [0.3, 0.4) is 0 Å². The molecule has 0 aliphatic carbocycles. The zero-order chi connectivity index (χ0) is 20.3. The van der Waals surface area contributed by atoms with Gasteiger partial charge in [0, 0.05) is 22.9 Å². The summed E-state index contributed by atoms with van der Waals surface area (Å²) in [6.45, 7) is 0. The van der Waals surface area contributed by atoms with Crippen LogP contribution >= 0.6 is 23.4 Å². The number of aromatic nitrogens is 4. The van der Waals surface area contributed by atoms with Gasteiger partial charge in [-0.25, -0.2) is 0 Å². The lowest BCUT2D eigenvalue weighted by molar-refractivity contribution is -0.395. The van der Waals surface area contributed by atoms with Gasteiger partial charge in [0.2, 0.25) is 5.16 Å². The summed E-state index contributed by atoms with van der Waals surface area (Å²) in [4.78, 5) is 21.1. The van der Waals surface area contributed by atoms with Gasteiger partial charge in [-0.2, -0.15) is 4.68 Å². The molecule has 13 heteroatoms. The lowest BCUT2D eigenvalue weighted by Crippen LogP contribution is -2.01. The number of halogens is 1. The van der Waals surface area contributed by atoms with Crippen LogP contribution in [0.25, 0.3) is 5.69 Å². The fourth-order valence-electron chi connectivity index (χ4n) is 2.38. The Morgan fingerprint density at radius 1 is 1.14 bits per heavy atom. The zero-order valence-electron chi connectivity index (χ0n) is 14.2. The minimum atomic E-state index is -0.724. The molecule has 0 saturated carbocycles. The number of nitro groups is 2. The molecule has 1 aromatic heterocycles. The number of thioether (sulfide) groups is 1. The Balaban J connectivity index is 1.90. The number of nitrogens with zero attached hydrogens (tertiary/aromatic N) is 6. The Labute approximate surface area is 166 Å². The third kappa shape index (κ3) is 4.02. The van der Waals surface area contributed by atoms with Gasteiger partial charge in [0.05, 0.1) is 22.6 Å². The van der Waals surface area contributed by atoms with E-state index in [1.165, 1.54) is 28.6 Å². The first kappa shape index (κ1) is 19.5. The SMILES string of the molecule is COc1c([N+](=O)[O-])cc(CSc2nnnn2-c2ccc(Cl)cc2)cc1[N+](=O)[O-]. The Morgan fingerprint density at radius 3 is 2.29 bits per heavy atom. The van der Waals surface area contributed by atoms with E-state index in [9.17, 15) is 20.2 Å². The maximum Gasteiger partial charge on any atom is 0.318 e. The number of nitro benzene ring substituents is 2. The number of hydrogen-bond acceptors (Lipinski definition) is 9. The average molecular weight is 423 g/mol. The van der Waals surface area contributed by atoms with Crippen LogP contribution < -0.4 is 4.74 Å². The Hall–Kier alpha value is -3.25. The fraction of sp³-hybridized carbons (Fsp3) is 0.133. The number of benzene rings is 2. The summed E-state index contributed by atoms with van der Waals surface area (Å²) >= 11 is 7.04. The van der Waals surface area contributed by atoms with Crippen LogP contribution in [0.2, 0.25) is 5.02 Å².